The largest absolute Gasteiger partial charge is 0.497 e. The van der Waals surface area contributed by atoms with Crippen molar-refractivity contribution in [2.75, 3.05) is 27.3 Å². The predicted molar refractivity (Wildman–Crippen MR) is 62.9 cm³/mol. The monoisotopic (exact) mass is 257 g/mol. The van der Waals surface area contributed by atoms with Crippen LogP contribution in [0.4, 0.5) is 0 Å². The maximum absolute atomic E-state index is 12.3. The van der Waals surface area contributed by atoms with Crippen LogP contribution < -0.4 is 9.47 Å². The molecule has 17 heavy (non-hydrogen) atoms. The topological polar surface area (TPSA) is 55.8 Å². The fourth-order valence-corrected chi connectivity index (χ4v) is 3.34. The lowest BCUT2D eigenvalue weighted by atomic mass is 10.3. The van der Waals surface area contributed by atoms with Crippen molar-refractivity contribution >= 4 is 10.0 Å². The normalized spacial score (nSPS) is 16.4. The lowest BCUT2D eigenvalue weighted by molar-refractivity contribution is 0.306. The van der Waals surface area contributed by atoms with Gasteiger partial charge in [0.05, 0.1) is 14.2 Å². The van der Waals surface area contributed by atoms with Crippen molar-refractivity contribution < 1.29 is 17.9 Å². The van der Waals surface area contributed by atoms with Crippen molar-refractivity contribution in [3.63, 3.8) is 0 Å². The molecule has 94 valence electrons. The molecule has 6 heteroatoms. The van der Waals surface area contributed by atoms with Crippen LogP contribution in [0.25, 0.3) is 0 Å². The van der Waals surface area contributed by atoms with Gasteiger partial charge >= 0.3 is 0 Å². The first-order valence-corrected chi connectivity index (χ1v) is 6.76. The van der Waals surface area contributed by atoms with Crippen LogP contribution in [0.3, 0.4) is 0 Å². The van der Waals surface area contributed by atoms with Gasteiger partial charge < -0.3 is 9.47 Å². The smallest absolute Gasteiger partial charge is 0.246 e. The Kier molecular flexibility index (Phi) is 3.26. The molecular weight excluding hydrogens is 242 g/mol. The molecule has 0 spiro atoms. The number of hydrogen-bond donors (Lipinski definition) is 0. The van der Waals surface area contributed by atoms with E-state index in [0.717, 1.165) is 6.42 Å². The molecule has 1 aliphatic rings. The molecule has 2 rings (SSSR count). The van der Waals surface area contributed by atoms with Gasteiger partial charge in [0.25, 0.3) is 0 Å². The Morgan fingerprint density at radius 3 is 2.35 bits per heavy atom. The number of sulfonamides is 1. The first-order valence-electron chi connectivity index (χ1n) is 5.32. The minimum atomic E-state index is -3.45. The van der Waals surface area contributed by atoms with E-state index < -0.39 is 10.0 Å². The number of benzene rings is 1. The molecule has 1 saturated heterocycles. The van der Waals surface area contributed by atoms with Crippen molar-refractivity contribution in [2.45, 2.75) is 11.3 Å². The maximum Gasteiger partial charge on any atom is 0.246 e. The third kappa shape index (κ3) is 2.10. The van der Waals surface area contributed by atoms with Crippen LogP contribution in [0.15, 0.2) is 23.1 Å². The molecule has 1 fully saturated rings. The Morgan fingerprint density at radius 2 is 1.88 bits per heavy atom. The second-order valence-corrected chi connectivity index (χ2v) is 5.68. The molecule has 1 aromatic carbocycles. The fourth-order valence-electron chi connectivity index (χ4n) is 1.65. The third-order valence-electron chi connectivity index (χ3n) is 2.80. The van der Waals surface area contributed by atoms with Gasteiger partial charge in [-0.3, -0.25) is 0 Å². The minimum absolute atomic E-state index is 0.166. The number of nitrogens with zero attached hydrogens (tertiary/aromatic N) is 1. The quantitative estimate of drug-likeness (QED) is 0.810. The van der Waals surface area contributed by atoms with Crippen LogP contribution in [0.2, 0.25) is 0 Å². The standard InChI is InChI=1S/C11H15NO4S/c1-15-9-4-5-10(16-2)11(8-9)17(13,14)12-6-3-7-12/h4-5,8H,3,6-7H2,1-2H3. The molecule has 0 bridgehead atoms. The van der Waals surface area contributed by atoms with Gasteiger partial charge in [0, 0.05) is 19.2 Å². The van der Waals surface area contributed by atoms with E-state index in [1.54, 1.807) is 12.1 Å². The van der Waals surface area contributed by atoms with E-state index in [0.29, 0.717) is 24.6 Å². The highest BCUT2D eigenvalue weighted by molar-refractivity contribution is 7.89. The second kappa shape index (κ2) is 4.54. The summed E-state index contributed by atoms with van der Waals surface area (Å²) in [5.74, 6) is 0.850. The summed E-state index contributed by atoms with van der Waals surface area (Å²) in [5.41, 5.74) is 0. The van der Waals surface area contributed by atoms with Gasteiger partial charge in [0.2, 0.25) is 10.0 Å². The Labute approximate surface area is 101 Å². The highest BCUT2D eigenvalue weighted by Crippen LogP contribution is 2.32. The molecule has 1 aromatic rings. The summed E-state index contributed by atoms with van der Waals surface area (Å²) in [5, 5.41) is 0. The molecule has 0 aliphatic carbocycles. The van der Waals surface area contributed by atoms with E-state index in [4.69, 9.17) is 9.47 Å². The summed E-state index contributed by atoms with van der Waals surface area (Å²) in [7, 11) is -0.492. The average molecular weight is 257 g/mol. The number of ether oxygens (including phenoxy) is 2. The third-order valence-corrected chi connectivity index (χ3v) is 4.72. The molecule has 0 saturated carbocycles. The molecular formula is C11H15NO4S. The zero-order valence-electron chi connectivity index (χ0n) is 9.84. The van der Waals surface area contributed by atoms with Crippen molar-refractivity contribution in [3.05, 3.63) is 18.2 Å². The van der Waals surface area contributed by atoms with E-state index in [9.17, 15) is 8.42 Å². The zero-order valence-corrected chi connectivity index (χ0v) is 10.7. The fraction of sp³-hybridized carbons (Fsp3) is 0.455. The zero-order chi connectivity index (χ0) is 12.5. The van der Waals surface area contributed by atoms with Gasteiger partial charge in [0.1, 0.15) is 16.4 Å². The van der Waals surface area contributed by atoms with Crippen LogP contribution in [0.5, 0.6) is 11.5 Å². The van der Waals surface area contributed by atoms with Crippen LogP contribution in [0.1, 0.15) is 6.42 Å². The molecule has 0 unspecified atom stereocenters. The Hall–Kier alpha value is -1.27. The highest BCUT2D eigenvalue weighted by Gasteiger charge is 2.32. The summed E-state index contributed by atoms with van der Waals surface area (Å²) in [6, 6.07) is 4.77. The van der Waals surface area contributed by atoms with Crippen molar-refractivity contribution in [1.82, 2.24) is 4.31 Å². The van der Waals surface area contributed by atoms with E-state index in [2.05, 4.69) is 0 Å². The van der Waals surface area contributed by atoms with Gasteiger partial charge in [-0.2, -0.15) is 4.31 Å². The van der Waals surface area contributed by atoms with Gasteiger partial charge in [0.15, 0.2) is 0 Å². The van der Waals surface area contributed by atoms with Crippen molar-refractivity contribution in [2.24, 2.45) is 0 Å². The Balaban J connectivity index is 2.48. The Morgan fingerprint density at radius 1 is 1.18 bits per heavy atom. The van der Waals surface area contributed by atoms with Crippen LogP contribution in [-0.4, -0.2) is 40.0 Å². The van der Waals surface area contributed by atoms with Gasteiger partial charge in [-0.15, -0.1) is 0 Å². The lowest BCUT2D eigenvalue weighted by Gasteiger charge is -2.30. The molecule has 0 atom stereocenters. The van der Waals surface area contributed by atoms with Crippen LogP contribution in [0, 0.1) is 0 Å². The van der Waals surface area contributed by atoms with Crippen molar-refractivity contribution in [3.8, 4) is 11.5 Å². The second-order valence-electron chi connectivity index (χ2n) is 3.77. The molecule has 0 radical (unpaired) electrons. The van der Waals surface area contributed by atoms with Crippen molar-refractivity contribution in [1.29, 1.82) is 0 Å². The summed E-state index contributed by atoms with van der Waals surface area (Å²) < 4.78 is 36.1. The number of methoxy groups -OCH3 is 2. The molecule has 0 N–H and O–H groups in total. The van der Waals surface area contributed by atoms with Crippen LogP contribution in [-0.2, 0) is 10.0 Å². The summed E-state index contributed by atoms with van der Waals surface area (Å²) >= 11 is 0. The van der Waals surface area contributed by atoms with Gasteiger partial charge in [-0.1, -0.05) is 0 Å². The summed E-state index contributed by atoms with van der Waals surface area (Å²) in [4.78, 5) is 0.166. The van der Waals surface area contributed by atoms with E-state index >= 15 is 0 Å². The van der Waals surface area contributed by atoms with E-state index in [-0.39, 0.29) is 4.90 Å². The summed E-state index contributed by atoms with van der Waals surface area (Å²) in [6.07, 6.45) is 0.908. The number of hydrogen-bond acceptors (Lipinski definition) is 4. The Bertz CT molecular complexity index is 508. The molecule has 1 aliphatic heterocycles. The molecule has 5 nitrogen and oxygen atoms in total. The van der Waals surface area contributed by atoms with Gasteiger partial charge in [-0.25, -0.2) is 8.42 Å². The first kappa shape index (κ1) is 12.2. The van der Waals surface area contributed by atoms with E-state index in [1.165, 1.54) is 24.6 Å². The number of rotatable bonds is 4. The van der Waals surface area contributed by atoms with Gasteiger partial charge in [-0.05, 0) is 18.6 Å². The van der Waals surface area contributed by atoms with E-state index in [1.807, 2.05) is 0 Å². The molecule has 0 aromatic heterocycles. The predicted octanol–water partition coefficient (Wildman–Crippen LogP) is 1.10. The lowest BCUT2D eigenvalue weighted by Crippen LogP contribution is -2.42. The average Bonchev–Trinajstić information content (AvgIpc) is 2.25. The molecule has 0 amide bonds. The summed E-state index contributed by atoms with van der Waals surface area (Å²) in [6.45, 7) is 1.14. The highest BCUT2D eigenvalue weighted by atomic mass is 32.2. The van der Waals surface area contributed by atoms with Crippen LogP contribution >= 0.6 is 0 Å². The SMILES string of the molecule is COc1ccc(OC)c(S(=O)(=O)N2CCC2)c1. The minimum Gasteiger partial charge on any atom is -0.497 e. The molecule has 1 heterocycles. The first-order chi connectivity index (χ1) is 8.09. The maximum atomic E-state index is 12.3.